The van der Waals surface area contributed by atoms with E-state index in [9.17, 15) is 9.90 Å². The molecule has 5 heteroatoms. The minimum Gasteiger partial charge on any atom is -0.492 e. The molecule has 4 rings (SSSR count). The van der Waals surface area contributed by atoms with Gasteiger partial charge in [0.25, 0.3) is 0 Å². The van der Waals surface area contributed by atoms with Crippen molar-refractivity contribution in [2.45, 2.75) is 19.2 Å². The quantitative estimate of drug-likeness (QED) is 0.909. The van der Waals surface area contributed by atoms with Gasteiger partial charge in [-0.2, -0.15) is 0 Å². The first-order chi connectivity index (χ1) is 12.2. The molecule has 5 nitrogen and oxygen atoms in total. The maximum atomic E-state index is 12.8. The van der Waals surface area contributed by atoms with E-state index >= 15 is 0 Å². The predicted octanol–water partition coefficient (Wildman–Crippen LogP) is 1.96. The number of carbonyl (C=O) groups excluding carboxylic acids is 1. The molecule has 2 aliphatic heterocycles. The third-order valence-corrected chi connectivity index (χ3v) is 4.91. The van der Waals surface area contributed by atoms with Crippen molar-refractivity contribution in [1.29, 1.82) is 0 Å². The van der Waals surface area contributed by atoms with Crippen LogP contribution in [0.15, 0.2) is 48.5 Å². The van der Waals surface area contributed by atoms with Crippen LogP contribution in [0.5, 0.6) is 5.75 Å². The number of aliphatic hydroxyl groups is 1. The van der Waals surface area contributed by atoms with Gasteiger partial charge in [-0.25, -0.2) is 0 Å². The molecule has 0 radical (unpaired) electrons. The van der Waals surface area contributed by atoms with Gasteiger partial charge in [-0.05, 0) is 17.2 Å². The van der Waals surface area contributed by atoms with Gasteiger partial charge < -0.3 is 14.7 Å². The van der Waals surface area contributed by atoms with Gasteiger partial charge in [-0.3, -0.25) is 9.69 Å². The fraction of sp³-hybridized carbons (Fsp3) is 0.350. The van der Waals surface area contributed by atoms with Crippen molar-refractivity contribution in [3.05, 3.63) is 65.2 Å². The zero-order chi connectivity index (χ0) is 17.2. The molecule has 1 atom stereocenters. The fourth-order valence-electron chi connectivity index (χ4n) is 3.58. The molecule has 0 fully saturated rings. The maximum absolute atomic E-state index is 12.8. The summed E-state index contributed by atoms with van der Waals surface area (Å²) in [5.41, 5.74) is 3.07. The second-order valence-corrected chi connectivity index (χ2v) is 6.66. The standard InChI is InChI=1S/C20H22N2O3/c23-18-13-22(12-15-5-1-3-7-17(15)18)20(24)14-21-9-10-25-19-8-4-2-6-16(19)11-21/h1-8,18,23H,9-14H2/t18-/m1/s1. The van der Waals surface area contributed by atoms with E-state index in [4.69, 9.17) is 4.74 Å². The molecule has 0 unspecified atom stereocenters. The lowest BCUT2D eigenvalue weighted by Gasteiger charge is -2.33. The molecule has 0 aromatic heterocycles. The molecule has 0 spiro atoms. The average molecular weight is 338 g/mol. The first-order valence-corrected chi connectivity index (χ1v) is 8.67. The summed E-state index contributed by atoms with van der Waals surface area (Å²) in [6.45, 7) is 3.26. The summed E-state index contributed by atoms with van der Waals surface area (Å²) in [6.07, 6.45) is -0.609. The highest BCUT2D eigenvalue weighted by molar-refractivity contribution is 5.78. The summed E-state index contributed by atoms with van der Waals surface area (Å²) < 4.78 is 5.76. The molecule has 0 aliphatic carbocycles. The zero-order valence-electron chi connectivity index (χ0n) is 14.1. The van der Waals surface area contributed by atoms with Crippen molar-refractivity contribution in [2.24, 2.45) is 0 Å². The molecule has 25 heavy (non-hydrogen) atoms. The second-order valence-electron chi connectivity index (χ2n) is 6.66. The molecule has 0 bridgehead atoms. The molecule has 2 heterocycles. The van der Waals surface area contributed by atoms with Gasteiger partial charge in [0.15, 0.2) is 0 Å². The van der Waals surface area contributed by atoms with Gasteiger partial charge in [0, 0.05) is 25.2 Å². The molecule has 1 amide bonds. The lowest BCUT2D eigenvalue weighted by Crippen LogP contribution is -2.44. The lowest BCUT2D eigenvalue weighted by molar-refractivity contribution is -0.135. The highest BCUT2D eigenvalue weighted by atomic mass is 16.5. The van der Waals surface area contributed by atoms with E-state index < -0.39 is 6.10 Å². The van der Waals surface area contributed by atoms with Crippen molar-refractivity contribution in [2.75, 3.05) is 26.2 Å². The Hall–Kier alpha value is -2.37. The first kappa shape index (κ1) is 16.1. The highest BCUT2D eigenvalue weighted by Crippen LogP contribution is 2.27. The van der Waals surface area contributed by atoms with E-state index in [1.54, 1.807) is 4.90 Å². The average Bonchev–Trinajstić information content (AvgIpc) is 2.83. The van der Waals surface area contributed by atoms with Crippen LogP contribution in [0.2, 0.25) is 0 Å². The number of fused-ring (bicyclic) bond motifs is 2. The van der Waals surface area contributed by atoms with E-state index in [1.165, 1.54) is 0 Å². The number of carbonyl (C=O) groups is 1. The Morgan fingerprint density at radius 1 is 1.08 bits per heavy atom. The molecule has 130 valence electrons. The van der Waals surface area contributed by atoms with Crippen LogP contribution in [-0.2, 0) is 17.9 Å². The third kappa shape index (κ3) is 3.38. The number of β-amino-alcohol motifs (C(OH)–C–C–N with tert-alkyl or cyclic N) is 1. The summed E-state index contributed by atoms with van der Waals surface area (Å²) >= 11 is 0. The number of amides is 1. The predicted molar refractivity (Wildman–Crippen MR) is 94.0 cm³/mol. The van der Waals surface area contributed by atoms with Crippen molar-refractivity contribution in [3.8, 4) is 5.75 Å². The number of rotatable bonds is 2. The minimum atomic E-state index is -0.609. The summed E-state index contributed by atoms with van der Waals surface area (Å²) in [6, 6.07) is 15.8. The van der Waals surface area contributed by atoms with Gasteiger partial charge in [0.2, 0.25) is 5.91 Å². The third-order valence-electron chi connectivity index (χ3n) is 4.91. The summed E-state index contributed by atoms with van der Waals surface area (Å²) in [5, 5.41) is 10.3. The van der Waals surface area contributed by atoms with Gasteiger partial charge in [-0.15, -0.1) is 0 Å². The van der Waals surface area contributed by atoms with Crippen LogP contribution < -0.4 is 4.74 Å². The summed E-state index contributed by atoms with van der Waals surface area (Å²) in [5.74, 6) is 0.952. The molecule has 0 saturated heterocycles. The number of hydrogen-bond acceptors (Lipinski definition) is 4. The van der Waals surface area contributed by atoms with Crippen LogP contribution in [0.4, 0.5) is 0 Å². The van der Waals surface area contributed by atoms with E-state index in [-0.39, 0.29) is 5.91 Å². The largest absolute Gasteiger partial charge is 0.492 e. The molecule has 2 aromatic carbocycles. The first-order valence-electron chi connectivity index (χ1n) is 8.67. The van der Waals surface area contributed by atoms with Crippen LogP contribution in [-0.4, -0.2) is 47.1 Å². The number of benzene rings is 2. The van der Waals surface area contributed by atoms with E-state index in [0.717, 1.165) is 22.4 Å². The van der Waals surface area contributed by atoms with Gasteiger partial charge >= 0.3 is 0 Å². The van der Waals surface area contributed by atoms with Crippen molar-refractivity contribution in [3.63, 3.8) is 0 Å². The Morgan fingerprint density at radius 3 is 2.72 bits per heavy atom. The Bertz CT molecular complexity index is 777. The van der Waals surface area contributed by atoms with Gasteiger partial charge in [0.1, 0.15) is 12.4 Å². The Morgan fingerprint density at radius 2 is 1.84 bits per heavy atom. The van der Waals surface area contributed by atoms with Crippen LogP contribution in [0.3, 0.4) is 0 Å². The monoisotopic (exact) mass is 338 g/mol. The maximum Gasteiger partial charge on any atom is 0.237 e. The van der Waals surface area contributed by atoms with E-state index in [1.807, 2.05) is 48.5 Å². The number of para-hydroxylation sites is 1. The van der Waals surface area contributed by atoms with Crippen LogP contribution in [0, 0.1) is 0 Å². The van der Waals surface area contributed by atoms with Crippen molar-refractivity contribution < 1.29 is 14.6 Å². The zero-order valence-corrected chi connectivity index (χ0v) is 14.1. The van der Waals surface area contributed by atoms with E-state index in [2.05, 4.69) is 4.90 Å². The number of nitrogens with zero attached hydrogens (tertiary/aromatic N) is 2. The van der Waals surface area contributed by atoms with Crippen LogP contribution in [0.1, 0.15) is 22.8 Å². The molecular formula is C20H22N2O3. The Balaban J connectivity index is 1.44. The highest BCUT2D eigenvalue weighted by Gasteiger charge is 2.28. The topological polar surface area (TPSA) is 53.0 Å². The van der Waals surface area contributed by atoms with Crippen LogP contribution in [0.25, 0.3) is 0 Å². The molecule has 1 N–H and O–H groups in total. The Labute approximate surface area is 147 Å². The van der Waals surface area contributed by atoms with E-state index in [0.29, 0.717) is 39.3 Å². The normalized spacial score (nSPS) is 20.2. The molecule has 2 aromatic rings. The van der Waals surface area contributed by atoms with Gasteiger partial charge in [-0.1, -0.05) is 42.5 Å². The SMILES string of the molecule is O=C(CN1CCOc2ccccc2C1)N1Cc2ccccc2[C@H](O)C1. The van der Waals surface area contributed by atoms with Gasteiger partial charge in [0.05, 0.1) is 19.2 Å². The lowest BCUT2D eigenvalue weighted by atomic mass is 9.97. The van der Waals surface area contributed by atoms with Crippen molar-refractivity contribution >= 4 is 5.91 Å². The number of aliphatic hydroxyl groups excluding tert-OH is 1. The number of hydrogen-bond donors (Lipinski definition) is 1. The Kier molecular flexibility index (Phi) is 4.42. The fourth-order valence-corrected chi connectivity index (χ4v) is 3.58. The summed E-state index contributed by atoms with van der Waals surface area (Å²) in [7, 11) is 0. The minimum absolute atomic E-state index is 0.0490. The molecule has 0 saturated carbocycles. The second kappa shape index (κ2) is 6.86. The van der Waals surface area contributed by atoms with Crippen molar-refractivity contribution in [1.82, 2.24) is 9.80 Å². The molecule has 2 aliphatic rings. The smallest absolute Gasteiger partial charge is 0.237 e. The molecular weight excluding hydrogens is 316 g/mol. The number of ether oxygens (including phenoxy) is 1. The summed E-state index contributed by atoms with van der Waals surface area (Å²) in [4.78, 5) is 16.6. The van der Waals surface area contributed by atoms with Crippen LogP contribution >= 0.6 is 0 Å².